The van der Waals surface area contributed by atoms with Crippen LogP contribution in [0.4, 0.5) is 0 Å². The highest BCUT2D eigenvalue weighted by molar-refractivity contribution is 5.93. The van der Waals surface area contributed by atoms with E-state index < -0.39 is 0 Å². The number of amides is 1. The van der Waals surface area contributed by atoms with Crippen LogP contribution in [0, 0.1) is 18.3 Å². The van der Waals surface area contributed by atoms with Crippen LogP contribution in [0.5, 0.6) is 0 Å². The molecule has 2 heteroatoms. The van der Waals surface area contributed by atoms with E-state index in [1.807, 2.05) is 0 Å². The van der Waals surface area contributed by atoms with Gasteiger partial charge in [0.25, 0.3) is 5.91 Å². The van der Waals surface area contributed by atoms with Crippen molar-refractivity contribution in [2.24, 2.45) is 5.92 Å². The molecule has 0 N–H and O–H groups in total. The minimum absolute atomic E-state index is 0.163. The van der Waals surface area contributed by atoms with Crippen LogP contribution in [-0.4, -0.2) is 23.9 Å². The third kappa shape index (κ3) is 1.30. The molecule has 10 heavy (non-hydrogen) atoms. The first-order valence-electron chi connectivity index (χ1n) is 3.49. The Hall–Kier alpha value is -0.970. The number of carbonyl (C=O) groups is 1. The van der Waals surface area contributed by atoms with Gasteiger partial charge in [0, 0.05) is 13.1 Å². The number of terminal acetylenes is 1. The Bertz CT molecular complexity index is 180. The highest BCUT2D eigenvalue weighted by Gasteiger charge is 2.21. The lowest BCUT2D eigenvalue weighted by Crippen LogP contribution is -2.26. The maximum Gasteiger partial charge on any atom is 0.298 e. The van der Waals surface area contributed by atoms with Crippen molar-refractivity contribution in [2.45, 2.75) is 13.3 Å². The van der Waals surface area contributed by atoms with E-state index in [0.717, 1.165) is 19.5 Å². The van der Waals surface area contributed by atoms with E-state index in [2.05, 4.69) is 12.8 Å². The lowest BCUT2D eigenvalue weighted by Gasteiger charge is -2.10. The Balaban J connectivity index is 2.47. The number of nitrogens with zero attached hydrogens (tertiary/aromatic N) is 1. The van der Waals surface area contributed by atoms with Crippen molar-refractivity contribution < 1.29 is 4.79 Å². The van der Waals surface area contributed by atoms with Gasteiger partial charge in [-0.2, -0.15) is 0 Å². The van der Waals surface area contributed by atoms with Gasteiger partial charge in [0.15, 0.2) is 0 Å². The van der Waals surface area contributed by atoms with Gasteiger partial charge in [-0.1, -0.05) is 6.92 Å². The average Bonchev–Trinajstić information content (AvgIpc) is 2.34. The fraction of sp³-hybridized carbons (Fsp3) is 0.625. The van der Waals surface area contributed by atoms with E-state index in [9.17, 15) is 4.79 Å². The van der Waals surface area contributed by atoms with Gasteiger partial charge in [-0.3, -0.25) is 4.79 Å². The summed E-state index contributed by atoms with van der Waals surface area (Å²) in [6, 6.07) is 0. The molecular formula is C8H11NO. The Kier molecular flexibility index (Phi) is 1.96. The topological polar surface area (TPSA) is 20.3 Å². The Labute approximate surface area is 61.2 Å². The monoisotopic (exact) mass is 137 g/mol. The molecule has 1 rings (SSSR count). The third-order valence-corrected chi connectivity index (χ3v) is 1.83. The summed E-state index contributed by atoms with van der Waals surface area (Å²) < 4.78 is 0. The van der Waals surface area contributed by atoms with Crippen LogP contribution in [0.3, 0.4) is 0 Å². The molecule has 1 fully saturated rings. The molecular weight excluding hydrogens is 126 g/mol. The summed E-state index contributed by atoms with van der Waals surface area (Å²) in [5.41, 5.74) is 0. The molecule has 0 radical (unpaired) electrons. The zero-order chi connectivity index (χ0) is 7.56. The quantitative estimate of drug-likeness (QED) is 0.445. The lowest BCUT2D eigenvalue weighted by atomic mass is 10.2. The van der Waals surface area contributed by atoms with Crippen LogP contribution in [0.2, 0.25) is 0 Å². The predicted molar refractivity (Wildman–Crippen MR) is 39.2 cm³/mol. The van der Waals surface area contributed by atoms with E-state index >= 15 is 0 Å². The normalized spacial score (nSPS) is 24.4. The summed E-state index contributed by atoms with van der Waals surface area (Å²) >= 11 is 0. The van der Waals surface area contributed by atoms with Crippen molar-refractivity contribution in [3.63, 3.8) is 0 Å². The molecule has 0 spiro atoms. The van der Waals surface area contributed by atoms with Crippen LogP contribution in [0.1, 0.15) is 13.3 Å². The van der Waals surface area contributed by atoms with Crippen LogP contribution >= 0.6 is 0 Å². The summed E-state index contributed by atoms with van der Waals surface area (Å²) in [5.74, 6) is 2.57. The van der Waals surface area contributed by atoms with Crippen molar-refractivity contribution >= 4 is 5.91 Å². The minimum atomic E-state index is -0.163. The van der Waals surface area contributed by atoms with Crippen LogP contribution < -0.4 is 0 Å². The first-order chi connectivity index (χ1) is 4.74. The van der Waals surface area contributed by atoms with Crippen LogP contribution in [0.15, 0.2) is 0 Å². The van der Waals surface area contributed by atoms with E-state index in [-0.39, 0.29) is 5.91 Å². The van der Waals surface area contributed by atoms with Gasteiger partial charge >= 0.3 is 0 Å². The number of likely N-dealkylation sites (tertiary alicyclic amines) is 1. The smallest absolute Gasteiger partial charge is 0.298 e. The first kappa shape index (κ1) is 7.14. The first-order valence-corrected chi connectivity index (χ1v) is 3.49. The molecule has 54 valence electrons. The van der Waals surface area contributed by atoms with Crippen molar-refractivity contribution in [3.05, 3.63) is 0 Å². The maximum absolute atomic E-state index is 10.8. The van der Waals surface area contributed by atoms with E-state index in [1.165, 1.54) is 0 Å². The van der Waals surface area contributed by atoms with Crippen molar-refractivity contribution in [1.29, 1.82) is 0 Å². The Morgan fingerprint density at radius 1 is 1.80 bits per heavy atom. The number of hydrogen-bond donors (Lipinski definition) is 0. The molecule has 1 aliphatic rings. The summed E-state index contributed by atoms with van der Waals surface area (Å²) in [6.07, 6.45) is 6.05. The van der Waals surface area contributed by atoms with E-state index in [1.54, 1.807) is 4.90 Å². The molecule has 0 aromatic heterocycles. The second-order valence-corrected chi connectivity index (χ2v) is 2.79. The molecule has 1 atom stereocenters. The maximum atomic E-state index is 10.8. The lowest BCUT2D eigenvalue weighted by molar-refractivity contribution is -0.124. The average molecular weight is 137 g/mol. The van der Waals surface area contributed by atoms with E-state index in [0.29, 0.717) is 5.92 Å². The van der Waals surface area contributed by atoms with Gasteiger partial charge in [-0.05, 0) is 18.3 Å². The zero-order valence-electron chi connectivity index (χ0n) is 6.13. The third-order valence-electron chi connectivity index (χ3n) is 1.83. The number of carbonyl (C=O) groups excluding carboxylic acids is 1. The fourth-order valence-corrected chi connectivity index (χ4v) is 1.21. The van der Waals surface area contributed by atoms with Crippen LogP contribution in [-0.2, 0) is 4.79 Å². The second kappa shape index (κ2) is 2.74. The zero-order valence-corrected chi connectivity index (χ0v) is 6.13. The van der Waals surface area contributed by atoms with Gasteiger partial charge in [-0.25, -0.2) is 0 Å². The van der Waals surface area contributed by atoms with Gasteiger partial charge < -0.3 is 4.90 Å². The summed E-state index contributed by atoms with van der Waals surface area (Å²) in [7, 11) is 0. The van der Waals surface area contributed by atoms with E-state index in [4.69, 9.17) is 6.42 Å². The van der Waals surface area contributed by atoms with Gasteiger partial charge in [-0.15, -0.1) is 6.42 Å². The Morgan fingerprint density at radius 2 is 2.50 bits per heavy atom. The summed E-state index contributed by atoms with van der Waals surface area (Å²) in [5, 5.41) is 0. The molecule has 0 aromatic rings. The number of rotatable bonds is 0. The molecule has 0 saturated carbocycles. The molecule has 1 unspecified atom stereocenters. The molecule has 1 aliphatic heterocycles. The Morgan fingerprint density at radius 3 is 2.90 bits per heavy atom. The standard InChI is InChI=1S/C8H11NO/c1-3-8(10)9-5-4-7(2)6-9/h1,7H,4-6H2,2H3. The molecule has 0 aliphatic carbocycles. The molecule has 0 bridgehead atoms. The van der Waals surface area contributed by atoms with Gasteiger partial charge in [0.05, 0.1) is 0 Å². The van der Waals surface area contributed by atoms with Gasteiger partial charge in [0.1, 0.15) is 0 Å². The van der Waals surface area contributed by atoms with Crippen LogP contribution in [0.25, 0.3) is 0 Å². The van der Waals surface area contributed by atoms with Gasteiger partial charge in [0.2, 0.25) is 0 Å². The van der Waals surface area contributed by atoms with Crippen molar-refractivity contribution in [1.82, 2.24) is 4.90 Å². The molecule has 0 aromatic carbocycles. The number of hydrogen-bond acceptors (Lipinski definition) is 1. The molecule has 1 amide bonds. The minimum Gasteiger partial charge on any atom is -0.332 e. The largest absolute Gasteiger partial charge is 0.332 e. The molecule has 1 saturated heterocycles. The highest BCUT2D eigenvalue weighted by Crippen LogP contribution is 2.14. The predicted octanol–water partition coefficient (Wildman–Crippen LogP) is 0.488. The SMILES string of the molecule is C#CC(=O)N1CCC(C)C1. The summed E-state index contributed by atoms with van der Waals surface area (Å²) in [4.78, 5) is 12.6. The molecule has 2 nitrogen and oxygen atoms in total. The van der Waals surface area contributed by atoms with Crippen molar-refractivity contribution in [2.75, 3.05) is 13.1 Å². The van der Waals surface area contributed by atoms with Crippen molar-refractivity contribution in [3.8, 4) is 12.3 Å². The highest BCUT2D eigenvalue weighted by atomic mass is 16.2. The molecule has 1 heterocycles. The fourth-order valence-electron chi connectivity index (χ4n) is 1.21. The summed E-state index contributed by atoms with van der Waals surface area (Å²) in [6.45, 7) is 3.80. The second-order valence-electron chi connectivity index (χ2n) is 2.79.